The maximum absolute atomic E-state index is 11.8. The van der Waals surface area contributed by atoms with Crippen LogP contribution in [0.3, 0.4) is 0 Å². The third kappa shape index (κ3) is 6.80. The van der Waals surface area contributed by atoms with E-state index in [1.54, 1.807) is 12.1 Å². The molecule has 118 valence electrons. The summed E-state index contributed by atoms with van der Waals surface area (Å²) in [5.41, 5.74) is 6.13. The summed E-state index contributed by atoms with van der Waals surface area (Å²) in [5, 5.41) is 5.98. The van der Waals surface area contributed by atoms with Crippen LogP contribution in [0.1, 0.15) is 25.5 Å². The number of hydrogen-bond acceptors (Lipinski definition) is 3. The van der Waals surface area contributed by atoms with E-state index in [4.69, 9.17) is 17.3 Å². The number of carbonyl (C=O) groups excluding carboxylic acids is 2. The van der Waals surface area contributed by atoms with Crippen LogP contribution in [0, 0.1) is 5.92 Å². The summed E-state index contributed by atoms with van der Waals surface area (Å²) in [7, 11) is 0. The van der Waals surface area contributed by atoms with E-state index >= 15 is 0 Å². The van der Waals surface area contributed by atoms with E-state index in [2.05, 4.69) is 10.6 Å². The molecule has 21 heavy (non-hydrogen) atoms. The SMILES string of the molecule is CC(C)C(NC(=O)CNC(=O)CN)c1ccc(Cl)cc1.Cl. The third-order valence-electron chi connectivity index (χ3n) is 2.84. The van der Waals surface area contributed by atoms with Crippen molar-refractivity contribution < 1.29 is 9.59 Å². The smallest absolute Gasteiger partial charge is 0.239 e. The second-order valence-electron chi connectivity index (χ2n) is 4.82. The van der Waals surface area contributed by atoms with Crippen LogP contribution in [-0.4, -0.2) is 24.9 Å². The summed E-state index contributed by atoms with van der Waals surface area (Å²) in [6.45, 7) is 3.82. The normalized spacial score (nSPS) is 11.5. The number of hydrogen-bond donors (Lipinski definition) is 3. The van der Waals surface area contributed by atoms with Crippen molar-refractivity contribution in [2.24, 2.45) is 11.7 Å². The highest BCUT2D eigenvalue weighted by atomic mass is 35.5. The van der Waals surface area contributed by atoms with Gasteiger partial charge in [0.25, 0.3) is 0 Å². The van der Waals surface area contributed by atoms with E-state index < -0.39 is 0 Å². The lowest BCUT2D eigenvalue weighted by molar-refractivity contribution is -0.126. The van der Waals surface area contributed by atoms with Crippen molar-refractivity contribution >= 4 is 35.8 Å². The Balaban J connectivity index is 0.00000400. The zero-order chi connectivity index (χ0) is 15.1. The first-order chi connectivity index (χ1) is 9.43. The van der Waals surface area contributed by atoms with Gasteiger partial charge in [-0.05, 0) is 23.6 Å². The van der Waals surface area contributed by atoms with Crippen molar-refractivity contribution in [2.45, 2.75) is 19.9 Å². The molecular formula is C14H21Cl2N3O2. The molecule has 0 fully saturated rings. The van der Waals surface area contributed by atoms with Crippen molar-refractivity contribution in [3.05, 3.63) is 34.9 Å². The average molecular weight is 334 g/mol. The predicted octanol–water partition coefficient (Wildman–Crippen LogP) is 1.65. The Bertz CT molecular complexity index is 464. The van der Waals surface area contributed by atoms with Crippen LogP contribution in [0.25, 0.3) is 0 Å². The molecule has 1 unspecified atom stereocenters. The summed E-state index contributed by atoms with van der Waals surface area (Å²) in [4.78, 5) is 22.8. The van der Waals surface area contributed by atoms with E-state index in [1.165, 1.54) is 0 Å². The maximum atomic E-state index is 11.8. The minimum Gasteiger partial charge on any atom is -0.348 e. The van der Waals surface area contributed by atoms with Crippen molar-refractivity contribution in [3.63, 3.8) is 0 Å². The average Bonchev–Trinajstić information content (AvgIpc) is 2.43. The maximum Gasteiger partial charge on any atom is 0.239 e. The molecule has 1 rings (SSSR count). The number of nitrogens with two attached hydrogens (primary N) is 1. The van der Waals surface area contributed by atoms with Gasteiger partial charge in [-0.2, -0.15) is 0 Å². The van der Waals surface area contributed by atoms with Crippen LogP contribution < -0.4 is 16.4 Å². The third-order valence-corrected chi connectivity index (χ3v) is 3.10. The number of rotatable bonds is 6. The fraction of sp³-hybridized carbons (Fsp3) is 0.429. The largest absolute Gasteiger partial charge is 0.348 e. The molecule has 0 heterocycles. The first-order valence-corrected chi connectivity index (χ1v) is 6.83. The van der Waals surface area contributed by atoms with E-state index in [-0.39, 0.29) is 49.3 Å². The number of amides is 2. The monoisotopic (exact) mass is 333 g/mol. The van der Waals surface area contributed by atoms with Gasteiger partial charge in [0.2, 0.25) is 11.8 Å². The molecule has 0 aliphatic heterocycles. The van der Waals surface area contributed by atoms with Gasteiger partial charge in [-0.3, -0.25) is 9.59 Å². The Labute approximate surface area is 136 Å². The van der Waals surface area contributed by atoms with E-state index in [0.29, 0.717) is 5.02 Å². The molecule has 0 spiro atoms. The zero-order valence-corrected chi connectivity index (χ0v) is 13.6. The fourth-order valence-electron chi connectivity index (χ4n) is 1.78. The van der Waals surface area contributed by atoms with Crippen LogP contribution in [0.4, 0.5) is 0 Å². The van der Waals surface area contributed by atoms with Crippen LogP contribution in [0.15, 0.2) is 24.3 Å². The molecule has 4 N–H and O–H groups in total. The number of halogens is 2. The Morgan fingerprint density at radius 3 is 2.24 bits per heavy atom. The minimum atomic E-state index is -0.354. The van der Waals surface area contributed by atoms with Gasteiger partial charge < -0.3 is 16.4 Å². The Kier molecular flexibility index (Phi) is 9.01. The van der Waals surface area contributed by atoms with Gasteiger partial charge in [0.1, 0.15) is 0 Å². The molecule has 0 saturated carbocycles. The van der Waals surface area contributed by atoms with Gasteiger partial charge in [-0.1, -0.05) is 37.6 Å². The molecule has 1 aromatic carbocycles. The van der Waals surface area contributed by atoms with E-state index in [9.17, 15) is 9.59 Å². The lowest BCUT2D eigenvalue weighted by atomic mass is 9.96. The molecule has 0 saturated heterocycles. The summed E-state index contributed by atoms with van der Waals surface area (Å²) in [5.74, 6) is -0.390. The van der Waals surface area contributed by atoms with Crippen LogP contribution in [-0.2, 0) is 9.59 Å². The van der Waals surface area contributed by atoms with Crippen LogP contribution >= 0.6 is 24.0 Å². The van der Waals surface area contributed by atoms with E-state index in [1.807, 2.05) is 26.0 Å². The summed E-state index contributed by atoms with van der Waals surface area (Å²) in [6.07, 6.45) is 0. The highest BCUT2D eigenvalue weighted by molar-refractivity contribution is 6.30. The predicted molar refractivity (Wildman–Crippen MR) is 86.5 cm³/mol. The van der Waals surface area contributed by atoms with Crippen molar-refractivity contribution in [1.29, 1.82) is 0 Å². The number of benzene rings is 1. The number of nitrogens with one attached hydrogen (secondary N) is 2. The quantitative estimate of drug-likeness (QED) is 0.740. The molecule has 0 radical (unpaired) electrons. The topological polar surface area (TPSA) is 84.2 Å². The minimum absolute atomic E-state index is 0. The van der Waals surface area contributed by atoms with Crippen molar-refractivity contribution in [3.8, 4) is 0 Å². The zero-order valence-electron chi connectivity index (χ0n) is 12.1. The molecule has 0 aliphatic rings. The molecular weight excluding hydrogens is 313 g/mol. The van der Waals surface area contributed by atoms with Gasteiger partial charge in [0, 0.05) is 5.02 Å². The molecule has 5 nitrogen and oxygen atoms in total. The second-order valence-corrected chi connectivity index (χ2v) is 5.26. The molecule has 0 bridgehead atoms. The molecule has 0 aromatic heterocycles. The van der Waals surface area contributed by atoms with Gasteiger partial charge in [-0.25, -0.2) is 0 Å². The summed E-state index contributed by atoms with van der Waals surface area (Å²) < 4.78 is 0. The van der Waals surface area contributed by atoms with Crippen LogP contribution in [0.5, 0.6) is 0 Å². The van der Waals surface area contributed by atoms with Gasteiger partial charge in [0.05, 0.1) is 19.1 Å². The first kappa shape index (κ1) is 19.7. The Morgan fingerprint density at radius 1 is 1.19 bits per heavy atom. The fourth-order valence-corrected chi connectivity index (χ4v) is 1.91. The molecule has 2 amide bonds. The standard InChI is InChI=1S/C14H20ClN3O2.ClH/c1-9(2)14(10-3-5-11(15)6-4-10)18-13(20)8-17-12(19)7-16;/h3-6,9,14H,7-8,16H2,1-2H3,(H,17,19)(H,18,20);1H. The Hall–Kier alpha value is -1.30. The second kappa shape index (κ2) is 9.60. The summed E-state index contributed by atoms with van der Waals surface area (Å²) >= 11 is 5.86. The van der Waals surface area contributed by atoms with E-state index in [0.717, 1.165) is 5.56 Å². The van der Waals surface area contributed by atoms with Crippen molar-refractivity contribution in [2.75, 3.05) is 13.1 Å². The number of carbonyl (C=O) groups is 2. The lowest BCUT2D eigenvalue weighted by Gasteiger charge is -2.23. The van der Waals surface area contributed by atoms with Crippen molar-refractivity contribution in [1.82, 2.24) is 10.6 Å². The first-order valence-electron chi connectivity index (χ1n) is 6.45. The van der Waals surface area contributed by atoms with Gasteiger partial charge in [-0.15, -0.1) is 12.4 Å². The van der Waals surface area contributed by atoms with Gasteiger partial charge in [0.15, 0.2) is 0 Å². The summed E-state index contributed by atoms with van der Waals surface area (Å²) in [6, 6.07) is 7.20. The molecule has 7 heteroatoms. The van der Waals surface area contributed by atoms with Gasteiger partial charge >= 0.3 is 0 Å². The Morgan fingerprint density at radius 2 is 1.76 bits per heavy atom. The molecule has 1 aromatic rings. The molecule has 1 atom stereocenters. The van der Waals surface area contributed by atoms with Crippen LogP contribution in [0.2, 0.25) is 5.02 Å². The lowest BCUT2D eigenvalue weighted by Crippen LogP contribution is -2.41. The molecule has 0 aliphatic carbocycles. The highest BCUT2D eigenvalue weighted by Crippen LogP contribution is 2.23. The highest BCUT2D eigenvalue weighted by Gasteiger charge is 2.18.